The number of carbonyl (C=O) groups is 1. The Morgan fingerprint density at radius 2 is 1.39 bits per heavy atom. The number of benzene rings is 2. The smallest absolute Gasteiger partial charge is 0.336 e. The van der Waals surface area contributed by atoms with Gasteiger partial charge in [-0.15, -0.1) is 0 Å². The lowest BCUT2D eigenvalue weighted by atomic mass is 10.1. The van der Waals surface area contributed by atoms with Gasteiger partial charge in [-0.3, -0.25) is 9.80 Å². The second-order valence-corrected chi connectivity index (χ2v) is 6.00. The van der Waals surface area contributed by atoms with Gasteiger partial charge in [0.15, 0.2) is 0 Å². The molecule has 1 saturated heterocycles. The summed E-state index contributed by atoms with van der Waals surface area (Å²) in [5.74, 6) is -0.844. The van der Waals surface area contributed by atoms with E-state index in [0.717, 1.165) is 38.3 Å². The summed E-state index contributed by atoms with van der Waals surface area (Å²) in [6, 6.07) is 17.8. The number of carboxylic acid groups (broad SMARTS) is 1. The number of rotatable bonds is 5. The SMILES string of the molecule is O=C(O)c1ccccc1CN1CCN(Cc2ccccc2)CC1. The maximum Gasteiger partial charge on any atom is 0.336 e. The molecular weight excluding hydrogens is 288 g/mol. The minimum atomic E-state index is -0.844. The minimum Gasteiger partial charge on any atom is -0.478 e. The van der Waals surface area contributed by atoms with Crippen LogP contribution in [-0.2, 0) is 13.1 Å². The Morgan fingerprint density at radius 3 is 2.04 bits per heavy atom. The lowest BCUT2D eigenvalue weighted by Crippen LogP contribution is -2.45. The summed E-state index contributed by atoms with van der Waals surface area (Å²) in [6.45, 7) is 5.68. The highest BCUT2D eigenvalue weighted by Crippen LogP contribution is 2.14. The van der Waals surface area contributed by atoms with Gasteiger partial charge < -0.3 is 5.11 Å². The van der Waals surface area contributed by atoms with Crippen LogP contribution in [-0.4, -0.2) is 47.1 Å². The first-order valence-corrected chi connectivity index (χ1v) is 8.02. The zero-order chi connectivity index (χ0) is 16.1. The van der Waals surface area contributed by atoms with Gasteiger partial charge >= 0.3 is 5.97 Å². The third kappa shape index (κ3) is 4.18. The van der Waals surface area contributed by atoms with E-state index in [-0.39, 0.29) is 0 Å². The molecule has 23 heavy (non-hydrogen) atoms. The first-order valence-electron chi connectivity index (χ1n) is 8.02. The summed E-state index contributed by atoms with van der Waals surface area (Å²) < 4.78 is 0. The second kappa shape index (κ2) is 7.40. The number of hydrogen-bond donors (Lipinski definition) is 1. The van der Waals surface area contributed by atoms with Crippen LogP contribution < -0.4 is 0 Å². The van der Waals surface area contributed by atoms with Gasteiger partial charge in [0.1, 0.15) is 0 Å². The van der Waals surface area contributed by atoms with E-state index in [0.29, 0.717) is 12.1 Å². The average Bonchev–Trinajstić information content (AvgIpc) is 2.58. The Bertz CT molecular complexity index is 649. The van der Waals surface area contributed by atoms with E-state index in [2.05, 4.69) is 34.1 Å². The van der Waals surface area contributed by atoms with E-state index < -0.39 is 5.97 Å². The number of nitrogens with zero attached hydrogens (tertiary/aromatic N) is 2. The molecule has 0 atom stereocenters. The van der Waals surface area contributed by atoms with Crippen molar-refractivity contribution in [3.05, 3.63) is 71.3 Å². The van der Waals surface area contributed by atoms with Gasteiger partial charge in [0, 0.05) is 39.3 Å². The first kappa shape index (κ1) is 15.7. The third-order valence-electron chi connectivity index (χ3n) is 4.36. The van der Waals surface area contributed by atoms with Gasteiger partial charge in [0.05, 0.1) is 5.56 Å². The number of hydrogen-bond acceptors (Lipinski definition) is 3. The molecule has 0 bridgehead atoms. The van der Waals surface area contributed by atoms with E-state index in [1.165, 1.54) is 5.56 Å². The fraction of sp³-hybridized carbons (Fsp3) is 0.316. The average molecular weight is 310 g/mol. The molecule has 0 unspecified atom stereocenters. The van der Waals surface area contributed by atoms with Crippen LogP contribution in [0, 0.1) is 0 Å². The van der Waals surface area contributed by atoms with Gasteiger partial charge in [-0.05, 0) is 17.2 Å². The van der Waals surface area contributed by atoms with Crippen LogP contribution in [0.4, 0.5) is 0 Å². The summed E-state index contributed by atoms with van der Waals surface area (Å²) in [5.41, 5.74) is 2.66. The third-order valence-corrected chi connectivity index (χ3v) is 4.36. The molecule has 0 aromatic heterocycles. The number of piperazine rings is 1. The summed E-state index contributed by atoms with van der Waals surface area (Å²) in [4.78, 5) is 16.1. The molecule has 1 heterocycles. The zero-order valence-electron chi connectivity index (χ0n) is 13.2. The topological polar surface area (TPSA) is 43.8 Å². The fourth-order valence-corrected chi connectivity index (χ4v) is 3.05. The number of aromatic carboxylic acids is 1. The van der Waals surface area contributed by atoms with E-state index >= 15 is 0 Å². The molecule has 3 rings (SSSR count). The van der Waals surface area contributed by atoms with Crippen molar-refractivity contribution in [1.82, 2.24) is 9.80 Å². The predicted octanol–water partition coefficient (Wildman–Crippen LogP) is 2.70. The van der Waals surface area contributed by atoms with Crippen LogP contribution in [0.5, 0.6) is 0 Å². The maximum absolute atomic E-state index is 11.3. The predicted molar refractivity (Wildman–Crippen MR) is 90.4 cm³/mol. The number of carboxylic acids is 1. The molecule has 1 N–H and O–H groups in total. The fourth-order valence-electron chi connectivity index (χ4n) is 3.05. The Morgan fingerprint density at radius 1 is 0.826 bits per heavy atom. The monoisotopic (exact) mass is 310 g/mol. The highest BCUT2D eigenvalue weighted by Gasteiger charge is 2.19. The standard InChI is InChI=1S/C19H22N2O2/c22-19(23)18-9-5-4-8-17(18)15-21-12-10-20(11-13-21)14-16-6-2-1-3-7-16/h1-9H,10-15H2,(H,22,23). The summed E-state index contributed by atoms with van der Waals surface area (Å²) >= 11 is 0. The lowest BCUT2D eigenvalue weighted by molar-refractivity contribution is 0.0692. The molecule has 1 aliphatic rings. The van der Waals surface area contributed by atoms with Crippen molar-refractivity contribution in [2.75, 3.05) is 26.2 Å². The quantitative estimate of drug-likeness (QED) is 0.922. The van der Waals surface area contributed by atoms with Gasteiger partial charge in [0.25, 0.3) is 0 Å². The molecule has 0 radical (unpaired) electrons. The molecule has 1 fully saturated rings. The van der Waals surface area contributed by atoms with E-state index in [9.17, 15) is 9.90 Å². The Kier molecular flexibility index (Phi) is 5.05. The Labute approximate surface area is 137 Å². The van der Waals surface area contributed by atoms with Crippen molar-refractivity contribution in [2.45, 2.75) is 13.1 Å². The van der Waals surface area contributed by atoms with Crippen LogP contribution in [0.2, 0.25) is 0 Å². The van der Waals surface area contributed by atoms with Crippen LogP contribution in [0.15, 0.2) is 54.6 Å². The molecule has 0 aliphatic carbocycles. The van der Waals surface area contributed by atoms with Gasteiger partial charge in [-0.1, -0.05) is 48.5 Å². The largest absolute Gasteiger partial charge is 0.478 e. The molecular formula is C19H22N2O2. The zero-order valence-corrected chi connectivity index (χ0v) is 13.2. The van der Waals surface area contributed by atoms with Crippen molar-refractivity contribution < 1.29 is 9.90 Å². The van der Waals surface area contributed by atoms with Crippen molar-refractivity contribution >= 4 is 5.97 Å². The Hall–Kier alpha value is -2.17. The van der Waals surface area contributed by atoms with Crippen molar-refractivity contribution in [2.24, 2.45) is 0 Å². The van der Waals surface area contributed by atoms with Crippen LogP contribution in [0.3, 0.4) is 0 Å². The molecule has 2 aromatic rings. The van der Waals surface area contributed by atoms with E-state index in [4.69, 9.17) is 0 Å². The normalized spacial score (nSPS) is 16.3. The molecule has 0 saturated carbocycles. The summed E-state index contributed by atoms with van der Waals surface area (Å²) in [5, 5.41) is 9.27. The molecule has 0 amide bonds. The molecule has 4 heteroatoms. The van der Waals surface area contributed by atoms with E-state index in [1.54, 1.807) is 12.1 Å². The second-order valence-electron chi connectivity index (χ2n) is 6.00. The molecule has 0 spiro atoms. The van der Waals surface area contributed by atoms with Crippen LogP contribution >= 0.6 is 0 Å². The van der Waals surface area contributed by atoms with Crippen LogP contribution in [0.1, 0.15) is 21.5 Å². The summed E-state index contributed by atoms with van der Waals surface area (Å²) in [7, 11) is 0. The lowest BCUT2D eigenvalue weighted by Gasteiger charge is -2.35. The van der Waals surface area contributed by atoms with Gasteiger partial charge in [0.2, 0.25) is 0 Å². The molecule has 120 valence electrons. The van der Waals surface area contributed by atoms with Crippen molar-refractivity contribution in [3.63, 3.8) is 0 Å². The minimum absolute atomic E-state index is 0.416. The highest BCUT2D eigenvalue weighted by molar-refractivity contribution is 5.89. The molecule has 1 aliphatic heterocycles. The van der Waals surface area contributed by atoms with Crippen LogP contribution in [0.25, 0.3) is 0 Å². The molecule has 4 nitrogen and oxygen atoms in total. The van der Waals surface area contributed by atoms with Crippen molar-refractivity contribution in [3.8, 4) is 0 Å². The maximum atomic E-state index is 11.3. The van der Waals surface area contributed by atoms with Crippen molar-refractivity contribution in [1.29, 1.82) is 0 Å². The highest BCUT2D eigenvalue weighted by atomic mass is 16.4. The molecule has 2 aromatic carbocycles. The summed E-state index contributed by atoms with van der Waals surface area (Å²) in [6.07, 6.45) is 0. The van der Waals surface area contributed by atoms with Gasteiger partial charge in [-0.25, -0.2) is 4.79 Å². The van der Waals surface area contributed by atoms with E-state index in [1.807, 2.05) is 18.2 Å². The Balaban J connectivity index is 1.54. The first-order chi connectivity index (χ1) is 11.2. The van der Waals surface area contributed by atoms with Gasteiger partial charge in [-0.2, -0.15) is 0 Å².